The summed E-state index contributed by atoms with van der Waals surface area (Å²) in [6, 6.07) is -1.03. The Kier molecular flexibility index (Phi) is 4.71. The van der Waals surface area contributed by atoms with Gasteiger partial charge >= 0.3 is 5.97 Å². The van der Waals surface area contributed by atoms with Gasteiger partial charge < -0.3 is 19.6 Å². The molecule has 130 valence electrons. The summed E-state index contributed by atoms with van der Waals surface area (Å²) in [6.45, 7) is 2.59. The standard InChI is InChI=1S/C17H21NO6/c1-9-13-11(19)5-2-6-12(13)24-15(9)16(20)18-14(17(21)22)10-4-3-7-23-8-10/h10,14H,2-8H2,1H3,(H,18,20)(H,21,22). The number of aliphatic carboxylic acids is 1. The Hall–Kier alpha value is -2.15. The van der Waals surface area contributed by atoms with E-state index in [9.17, 15) is 19.5 Å². The lowest BCUT2D eigenvalue weighted by Gasteiger charge is -2.27. The van der Waals surface area contributed by atoms with Gasteiger partial charge in [0.2, 0.25) is 0 Å². The van der Waals surface area contributed by atoms with Crippen LogP contribution in [0, 0.1) is 12.8 Å². The fourth-order valence-electron chi connectivity index (χ4n) is 3.48. The maximum absolute atomic E-state index is 12.5. The highest BCUT2D eigenvalue weighted by Crippen LogP contribution is 2.29. The summed E-state index contributed by atoms with van der Waals surface area (Å²) in [5.41, 5.74) is 0.982. The molecule has 7 nitrogen and oxygen atoms in total. The van der Waals surface area contributed by atoms with E-state index < -0.39 is 17.9 Å². The van der Waals surface area contributed by atoms with E-state index in [0.717, 1.165) is 6.42 Å². The van der Waals surface area contributed by atoms with Crippen LogP contribution in [0.15, 0.2) is 4.42 Å². The predicted molar refractivity (Wildman–Crippen MR) is 83.1 cm³/mol. The van der Waals surface area contributed by atoms with Crippen molar-refractivity contribution >= 4 is 17.7 Å². The number of nitrogens with one attached hydrogen (secondary N) is 1. The first-order chi connectivity index (χ1) is 11.5. The second-order valence-electron chi connectivity index (χ2n) is 6.40. The lowest BCUT2D eigenvalue weighted by Crippen LogP contribution is -2.48. The largest absolute Gasteiger partial charge is 0.480 e. The average molecular weight is 335 g/mol. The molecule has 1 aromatic rings. The van der Waals surface area contributed by atoms with E-state index in [0.29, 0.717) is 55.8 Å². The summed E-state index contributed by atoms with van der Waals surface area (Å²) in [7, 11) is 0. The van der Waals surface area contributed by atoms with Crippen molar-refractivity contribution in [1.29, 1.82) is 0 Å². The van der Waals surface area contributed by atoms with Crippen LogP contribution in [0.4, 0.5) is 0 Å². The SMILES string of the molecule is Cc1c(C(=O)NC(C(=O)O)C2CCCOC2)oc2c1C(=O)CCC2. The van der Waals surface area contributed by atoms with Gasteiger partial charge in [0.25, 0.3) is 5.91 Å². The molecule has 2 heterocycles. The van der Waals surface area contributed by atoms with Crippen molar-refractivity contribution in [1.82, 2.24) is 5.32 Å². The highest BCUT2D eigenvalue weighted by Gasteiger charge is 2.34. The van der Waals surface area contributed by atoms with Gasteiger partial charge in [-0.3, -0.25) is 9.59 Å². The number of furan rings is 1. The van der Waals surface area contributed by atoms with Crippen LogP contribution >= 0.6 is 0 Å². The predicted octanol–water partition coefficient (Wildman–Crippen LogP) is 1.72. The Labute approximate surface area is 139 Å². The first kappa shape index (κ1) is 16.7. The maximum Gasteiger partial charge on any atom is 0.326 e. The number of rotatable bonds is 4. The minimum absolute atomic E-state index is 0.0213. The number of carbonyl (C=O) groups excluding carboxylic acids is 2. The molecular weight excluding hydrogens is 314 g/mol. The van der Waals surface area contributed by atoms with Crippen LogP contribution in [0.2, 0.25) is 0 Å². The van der Waals surface area contributed by atoms with Gasteiger partial charge in [-0.15, -0.1) is 0 Å². The molecule has 7 heteroatoms. The second kappa shape index (κ2) is 6.76. The lowest BCUT2D eigenvalue weighted by molar-refractivity contribution is -0.142. The van der Waals surface area contributed by atoms with Crippen LogP contribution in [-0.4, -0.2) is 42.0 Å². The second-order valence-corrected chi connectivity index (χ2v) is 6.40. The van der Waals surface area contributed by atoms with Crippen molar-refractivity contribution in [3.63, 3.8) is 0 Å². The minimum Gasteiger partial charge on any atom is -0.480 e. The molecule has 0 aromatic carbocycles. The van der Waals surface area contributed by atoms with Crippen LogP contribution in [-0.2, 0) is 16.0 Å². The number of amides is 1. The zero-order chi connectivity index (χ0) is 17.3. The van der Waals surface area contributed by atoms with Gasteiger partial charge in [0.05, 0.1) is 12.2 Å². The maximum atomic E-state index is 12.5. The zero-order valence-corrected chi connectivity index (χ0v) is 13.6. The third-order valence-corrected chi connectivity index (χ3v) is 4.73. The van der Waals surface area contributed by atoms with Crippen molar-refractivity contribution < 1.29 is 28.6 Å². The summed E-state index contributed by atoms with van der Waals surface area (Å²) in [5.74, 6) is -1.41. The van der Waals surface area contributed by atoms with E-state index in [-0.39, 0.29) is 17.5 Å². The average Bonchev–Trinajstić information content (AvgIpc) is 2.91. The van der Waals surface area contributed by atoms with Gasteiger partial charge in [-0.05, 0) is 26.2 Å². The molecule has 1 saturated heterocycles. The van der Waals surface area contributed by atoms with Gasteiger partial charge in [0, 0.05) is 30.9 Å². The number of hydrogen-bond acceptors (Lipinski definition) is 5. The topological polar surface area (TPSA) is 106 Å². The van der Waals surface area contributed by atoms with E-state index in [1.807, 2.05) is 0 Å². The molecule has 2 aliphatic rings. The molecule has 0 bridgehead atoms. The number of carbonyl (C=O) groups is 3. The summed E-state index contributed by atoms with van der Waals surface area (Å²) >= 11 is 0. The Morgan fingerprint density at radius 2 is 2.08 bits per heavy atom. The molecule has 1 aliphatic heterocycles. The third kappa shape index (κ3) is 3.08. The number of hydrogen-bond donors (Lipinski definition) is 2. The Bertz CT molecular complexity index is 671. The number of ketones is 1. The van der Waals surface area contributed by atoms with E-state index in [1.54, 1.807) is 6.92 Å². The van der Waals surface area contributed by atoms with Gasteiger partial charge in [0.15, 0.2) is 11.5 Å². The molecule has 3 rings (SSSR count). The Balaban J connectivity index is 1.81. The highest BCUT2D eigenvalue weighted by atomic mass is 16.5. The molecule has 1 aromatic heterocycles. The molecule has 0 spiro atoms. The van der Waals surface area contributed by atoms with Crippen molar-refractivity contribution in [2.45, 2.75) is 45.1 Å². The summed E-state index contributed by atoms with van der Waals surface area (Å²) in [5, 5.41) is 12.0. The zero-order valence-electron chi connectivity index (χ0n) is 13.6. The molecule has 2 N–H and O–H groups in total. The van der Waals surface area contributed by atoms with Crippen LogP contribution in [0.25, 0.3) is 0 Å². The molecule has 24 heavy (non-hydrogen) atoms. The molecule has 2 unspecified atom stereocenters. The quantitative estimate of drug-likeness (QED) is 0.868. The molecule has 0 saturated carbocycles. The Morgan fingerprint density at radius 3 is 2.71 bits per heavy atom. The van der Waals surface area contributed by atoms with E-state index in [1.165, 1.54) is 0 Å². The molecule has 1 aliphatic carbocycles. The molecular formula is C17H21NO6. The number of Topliss-reactive ketones (excluding diaryl/α,β-unsaturated/α-hetero) is 1. The Morgan fingerprint density at radius 1 is 1.29 bits per heavy atom. The van der Waals surface area contributed by atoms with Gasteiger partial charge in [0.1, 0.15) is 11.8 Å². The van der Waals surface area contributed by atoms with Gasteiger partial charge in [-0.1, -0.05) is 0 Å². The van der Waals surface area contributed by atoms with Crippen molar-refractivity contribution in [2.75, 3.05) is 13.2 Å². The summed E-state index contributed by atoms with van der Waals surface area (Å²) < 4.78 is 10.9. The molecule has 0 radical (unpaired) electrons. The normalized spacial score (nSPS) is 21.9. The first-order valence-electron chi connectivity index (χ1n) is 8.26. The van der Waals surface area contributed by atoms with Crippen LogP contribution in [0.3, 0.4) is 0 Å². The van der Waals surface area contributed by atoms with E-state index >= 15 is 0 Å². The number of ether oxygens (including phenoxy) is 1. The van der Waals surface area contributed by atoms with Crippen molar-refractivity contribution in [3.8, 4) is 0 Å². The van der Waals surface area contributed by atoms with Crippen LogP contribution in [0.1, 0.15) is 57.9 Å². The van der Waals surface area contributed by atoms with Crippen molar-refractivity contribution in [2.24, 2.45) is 5.92 Å². The van der Waals surface area contributed by atoms with Crippen LogP contribution < -0.4 is 5.32 Å². The smallest absolute Gasteiger partial charge is 0.326 e. The van der Waals surface area contributed by atoms with Crippen molar-refractivity contribution in [3.05, 3.63) is 22.6 Å². The summed E-state index contributed by atoms with van der Waals surface area (Å²) in [6.07, 6.45) is 3.23. The molecule has 2 atom stereocenters. The minimum atomic E-state index is -1.09. The van der Waals surface area contributed by atoms with E-state index in [4.69, 9.17) is 9.15 Å². The molecule has 1 fully saturated rings. The number of carboxylic acid groups (broad SMARTS) is 1. The number of aryl methyl sites for hydroxylation is 1. The highest BCUT2D eigenvalue weighted by molar-refractivity contribution is 6.04. The van der Waals surface area contributed by atoms with Gasteiger partial charge in [-0.25, -0.2) is 4.79 Å². The van der Waals surface area contributed by atoms with Crippen LogP contribution in [0.5, 0.6) is 0 Å². The van der Waals surface area contributed by atoms with E-state index in [2.05, 4.69) is 5.32 Å². The fraction of sp³-hybridized carbons (Fsp3) is 0.588. The molecule has 1 amide bonds. The summed E-state index contributed by atoms with van der Waals surface area (Å²) in [4.78, 5) is 36.1. The fourth-order valence-corrected chi connectivity index (χ4v) is 3.48. The monoisotopic (exact) mass is 335 g/mol. The lowest BCUT2D eigenvalue weighted by atomic mass is 9.93. The first-order valence-corrected chi connectivity index (χ1v) is 8.26. The van der Waals surface area contributed by atoms with Gasteiger partial charge in [-0.2, -0.15) is 0 Å². The third-order valence-electron chi connectivity index (χ3n) is 4.73. The number of carboxylic acids is 1. The number of fused-ring (bicyclic) bond motifs is 1.